The highest BCUT2D eigenvalue weighted by Crippen LogP contribution is 2.24. The van der Waals surface area contributed by atoms with Gasteiger partial charge in [0.2, 0.25) is 0 Å². The van der Waals surface area contributed by atoms with Gasteiger partial charge in [0.1, 0.15) is 12.4 Å². The molecule has 0 aliphatic carbocycles. The summed E-state index contributed by atoms with van der Waals surface area (Å²) in [6, 6.07) is 25.0. The Morgan fingerprint density at radius 2 is 1.64 bits per heavy atom. The minimum Gasteiger partial charge on any atom is -0.489 e. The molecule has 3 aromatic carbocycles. The number of methoxy groups -OCH3 is 1. The summed E-state index contributed by atoms with van der Waals surface area (Å²) >= 11 is 1.61. The Labute approximate surface area is 169 Å². The SMILES string of the molecule is COCCSc1ccccc1C(=O)Nc1ccc(OCc2ccccc2)cc1. The highest BCUT2D eigenvalue weighted by molar-refractivity contribution is 7.99. The summed E-state index contributed by atoms with van der Waals surface area (Å²) in [7, 11) is 1.67. The van der Waals surface area contributed by atoms with Gasteiger partial charge in [0, 0.05) is 23.4 Å². The van der Waals surface area contributed by atoms with Gasteiger partial charge in [-0.2, -0.15) is 0 Å². The zero-order valence-corrected chi connectivity index (χ0v) is 16.6. The quantitative estimate of drug-likeness (QED) is 0.398. The minimum absolute atomic E-state index is 0.126. The van der Waals surface area contributed by atoms with Crippen molar-refractivity contribution < 1.29 is 14.3 Å². The first kappa shape index (κ1) is 20.0. The molecule has 0 heterocycles. The highest BCUT2D eigenvalue weighted by Gasteiger charge is 2.11. The fourth-order valence-electron chi connectivity index (χ4n) is 2.59. The second kappa shape index (κ2) is 10.5. The van der Waals surface area contributed by atoms with E-state index in [0.29, 0.717) is 18.8 Å². The monoisotopic (exact) mass is 393 g/mol. The largest absolute Gasteiger partial charge is 0.489 e. The number of benzene rings is 3. The summed E-state index contributed by atoms with van der Waals surface area (Å²) in [4.78, 5) is 13.6. The van der Waals surface area contributed by atoms with Crippen molar-refractivity contribution in [2.45, 2.75) is 11.5 Å². The van der Waals surface area contributed by atoms with Crippen molar-refractivity contribution >= 4 is 23.4 Å². The topological polar surface area (TPSA) is 47.6 Å². The van der Waals surface area contributed by atoms with E-state index >= 15 is 0 Å². The second-order valence-electron chi connectivity index (χ2n) is 6.09. The fraction of sp³-hybridized carbons (Fsp3) is 0.174. The van der Waals surface area contributed by atoms with Crippen LogP contribution in [0.25, 0.3) is 0 Å². The smallest absolute Gasteiger partial charge is 0.256 e. The number of carbonyl (C=O) groups excluding carboxylic acids is 1. The fourth-order valence-corrected chi connectivity index (χ4v) is 3.55. The molecular weight excluding hydrogens is 370 g/mol. The van der Waals surface area contributed by atoms with Crippen molar-refractivity contribution in [3.8, 4) is 5.75 Å². The van der Waals surface area contributed by atoms with E-state index in [1.807, 2.05) is 78.9 Å². The molecule has 0 aliphatic heterocycles. The Balaban J connectivity index is 1.59. The second-order valence-corrected chi connectivity index (χ2v) is 7.23. The number of anilines is 1. The zero-order chi connectivity index (χ0) is 19.6. The molecule has 0 bridgehead atoms. The van der Waals surface area contributed by atoms with Gasteiger partial charge in [-0.15, -0.1) is 11.8 Å². The molecule has 0 saturated heterocycles. The van der Waals surface area contributed by atoms with Crippen LogP contribution in [-0.2, 0) is 11.3 Å². The number of amides is 1. The molecule has 0 aliphatic rings. The Morgan fingerprint density at radius 1 is 0.929 bits per heavy atom. The molecule has 5 heteroatoms. The lowest BCUT2D eigenvalue weighted by atomic mass is 10.2. The average Bonchev–Trinajstić information content (AvgIpc) is 2.74. The molecule has 28 heavy (non-hydrogen) atoms. The summed E-state index contributed by atoms with van der Waals surface area (Å²) < 4.78 is 10.9. The molecular formula is C23H23NO3S. The van der Waals surface area contributed by atoms with E-state index in [1.165, 1.54) is 0 Å². The third kappa shape index (κ3) is 5.87. The molecule has 3 aromatic rings. The summed E-state index contributed by atoms with van der Waals surface area (Å²) in [5, 5.41) is 2.95. The van der Waals surface area contributed by atoms with E-state index in [2.05, 4.69) is 5.32 Å². The summed E-state index contributed by atoms with van der Waals surface area (Å²) in [6.45, 7) is 1.16. The van der Waals surface area contributed by atoms with Gasteiger partial charge in [0.25, 0.3) is 5.91 Å². The third-order valence-electron chi connectivity index (χ3n) is 4.04. The van der Waals surface area contributed by atoms with Gasteiger partial charge in [-0.05, 0) is 42.0 Å². The lowest BCUT2D eigenvalue weighted by molar-refractivity contribution is 0.102. The van der Waals surface area contributed by atoms with Gasteiger partial charge in [-0.25, -0.2) is 0 Å². The van der Waals surface area contributed by atoms with Crippen LogP contribution in [0.1, 0.15) is 15.9 Å². The summed E-state index contributed by atoms with van der Waals surface area (Å²) in [5.41, 5.74) is 2.50. The lowest BCUT2D eigenvalue weighted by Crippen LogP contribution is -2.13. The van der Waals surface area contributed by atoms with E-state index in [-0.39, 0.29) is 5.91 Å². The van der Waals surface area contributed by atoms with Crippen LogP contribution in [0.5, 0.6) is 5.75 Å². The Hall–Kier alpha value is -2.76. The van der Waals surface area contributed by atoms with Gasteiger partial charge in [0.15, 0.2) is 0 Å². The molecule has 4 nitrogen and oxygen atoms in total. The van der Waals surface area contributed by atoms with Gasteiger partial charge in [-0.3, -0.25) is 4.79 Å². The van der Waals surface area contributed by atoms with Crippen LogP contribution in [0.4, 0.5) is 5.69 Å². The number of carbonyl (C=O) groups is 1. The van der Waals surface area contributed by atoms with E-state index in [4.69, 9.17) is 9.47 Å². The molecule has 0 unspecified atom stereocenters. The molecule has 144 valence electrons. The molecule has 3 rings (SSSR count). The minimum atomic E-state index is -0.126. The predicted octanol–water partition coefficient (Wildman–Crippen LogP) is 5.26. The van der Waals surface area contributed by atoms with E-state index in [1.54, 1.807) is 18.9 Å². The van der Waals surface area contributed by atoms with Crippen molar-refractivity contribution in [1.82, 2.24) is 0 Å². The Kier molecular flexibility index (Phi) is 7.53. The van der Waals surface area contributed by atoms with Crippen LogP contribution in [0.3, 0.4) is 0 Å². The molecule has 0 spiro atoms. The normalized spacial score (nSPS) is 10.5. The van der Waals surface area contributed by atoms with E-state index < -0.39 is 0 Å². The van der Waals surface area contributed by atoms with Crippen LogP contribution in [-0.4, -0.2) is 25.4 Å². The third-order valence-corrected chi connectivity index (χ3v) is 5.08. The number of hydrogen-bond donors (Lipinski definition) is 1. The molecule has 0 aromatic heterocycles. The van der Waals surface area contributed by atoms with Crippen LogP contribution < -0.4 is 10.1 Å². The van der Waals surface area contributed by atoms with Crippen molar-refractivity contribution in [3.05, 3.63) is 90.0 Å². The van der Waals surface area contributed by atoms with Crippen molar-refractivity contribution in [3.63, 3.8) is 0 Å². The zero-order valence-electron chi connectivity index (χ0n) is 15.8. The molecule has 0 saturated carbocycles. The predicted molar refractivity (Wildman–Crippen MR) is 114 cm³/mol. The molecule has 0 radical (unpaired) electrons. The first-order valence-corrected chi connectivity index (χ1v) is 10.0. The Morgan fingerprint density at radius 3 is 2.39 bits per heavy atom. The summed E-state index contributed by atoms with van der Waals surface area (Å²) in [5.74, 6) is 1.43. The standard InChI is InChI=1S/C23H23NO3S/c1-26-15-16-28-22-10-6-5-9-21(22)23(25)24-19-11-13-20(14-12-19)27-17-18-7-3-2-4-8-18/h2-14H,15-17H2,1H3,(H,24,25). The van der Waals surface area contributed by atoms with Gasteiger partial charge >= 0.3 is 0 Å². The molecule has 1 N–H and O–H groups in total. The number of nitrogens with one attached hydrogen (secondary N) is 1. The number of thioether (sulfide) groups is 1. The molecule has 0 fully saturated rings. The van der Waals surface area contributed by atoms with Crippen molar-refractivity contribution in [2.24, 2.45) is 0 Å². The van der Waals surface area contributed by atoms with Gasteiger partial charge < -0.3 is 14.8 Å². The maximum absolute atomic E-state index is 12.7. The van der Waals surface area contributed by atoms with Crippen LogP contribution >= 0.6 is 11.8 Å². The van der Waals surface area contributed by atoms with Crippen molar-refractivity contribution in [2.75, 3.05) is 24.8 Å². The first-order valence-electron chi connectivity index (χ1n) is 9.05. The number of hydrogen-bond acceptors (Lipinski definition) is 4. The average molecular weight is 394 g/mol. The van der Waals surface area contributed by atoms with Gasteiger partial charge in [-0.1, -0.05) is 42.5 Å². The van der Waals surface area contributed by atoms with Crippen LogP contribution in [0.2, 0.25) is 0 Å². The molecule has 1 amide bonds. The maximum Gasteiger partial charge on any atom is 0.256 e. The van der Waals surface area contributed by atoms with E-state index in [9.17, 15) is 4.79 Å². The van der Waals surface area contributed by atoms with Gasteiger partial charge in [0.05, 0.1) is 12.2 Å². The van der Waals surface area contributed by atoms with Crippen molar-refractivity contribution in [1.29, 1.82) is 0 Å². The maximum atomic E-state index is 12.7. The lowest BCUT2D eigenvalue weighted by Gasteiger charge is -2.11. The molecule has 0 atom stereocenters. The Bertz CT molecular complexity index is 882. The summed E-state index contributed by atoms with van der Waals surface area (Å²) in [6.07, 6.45) is 0. The highest BCUT2D eigenvalue weighted by atomic mass is 32.2. The first-order chi connectivity index (χ1) is 13.8. The van der Waals surface area contributed by atoms with Crippen LogP contribution in [0, 0.1) is 0 Å². The number of ether oxygens (including phenoxy) is 2. The van der Waals surface area contributed by atoms with Crippen LogP contribution in [0.15, 0.2) is 83.8 Å². The van der Waals surface area contributed by atoms with E-state index in [0.717, 1.165) is 27.6 Å². The number of rotatable bonds is 9.